The average molecular weight is 306 g/mol. The van der Waals surface area contributed by atoms with Crippen molar-refractivity contribution in [2.24, 2.45) is 4.40 Å². The van der Waals surface area contributed by atoms with Crippen LogP contribution in [0.1, 0.15) is 5.56 Å². The lowest BCUT2D eigenvalue weighted by Gasteiger charge is -2.19. The first-order valence-electron chi connectivity index (χ1n) is 6.09. The maximum atomic E-state index is 13.2. The van der Waals surface area contributed by atoms with Crippen LogP contribution in [0.25, 0.3) is 0 Å². The Morgan fingerprint density at radius 3 is 2.90 bits per heavy atom. The summed E-state index contributed by atoms with van der Waals surface area (Å²) < 4.78 is 40.9. The maximum absolute atomic E-state index is 13.2. The van der Waals surface area contributed by atoms with Crippen LogP contribution >= 0.6 is 0 Å². The van der Waals surface area contributed by atoms with Crippen molar-refractivity contribution in [1.82, 2.24) is 10.3 Å². The molecule has 6 nitrogen and oxygen atoms in total. The molecule has 1 aliphatic heterocycles. The number of pyridine rings is 1. The molecule has 0 fully saturated rings. The van der Waals surface area contributed by atoms with E-state index in [1.165, 1.54) is 6.07 Å². The highest BCUT2D eigenvalue weighted by Gasteiger charge is 2.25. The predicted octanol–water partition coefficient (Wildman–Crippen LogP) is 1.48. The Hall–Kier alpha value is -2.48. The van der Waals surface area contributed by atoms with E-state index in [-0.39, 0.29) is 16.5 Å². The van der Waals surface area contributed by atoms with Crippen LogP contribution in [-0.2, 0) is 16.6 Å². The van der Waals surface area contributed by atoms with Crippen LogP contribution in [0.4, 0.5) is 10.1 Å². The third-order valence-corrected chi connectivity index (χ3v) is 4.20. The van der Waals surface area contributed by atoms with Gasteiger partial charge in [-0.3, -0.25) is 4.98 Å². The summed E-state index contributed by atoms with van der Waals surface area (Å²) in [5.41, 5.74) is 1.03. The lowest BCUT2D eigenvalue weighted by molar-refractivity contribution is 0.596. The van der Waals surface area contributed by atoms with E-state index in [2.05, 4.69) is 20.0 Å². The Morgan fingerprint density at radius 1 is 1.29 bits per heavy atom. The summed E-state index contributed by atoms with van der Waals surface area (Å²) in [4.78, 5) is 3.91. The first kappa shape index (κ1) is 13.5. The highest BCUT2D eigenvalue weighted by molar-refractivity contribution is 7.90. The summed E-state index contributed by atoms with van der Waals surface area (Å²) in [6.45, 7) is 0.347. The Kier molecular flexibility index (Phi) is 3.30. The number of anilines is 1. The fourth-order valence-corrected chi connectivity index (χ4v) is 2.99. The van der Waals surface area contributed by atoms with Gasteiger partial charge in [-0.15, -0.1) is 4.40 Å². The second kappa shape index (κ2) is 5.13. The van der Waals surface area contributed by atoms with Gasteiger partial charge in [-0.25, -0.2) is 4.39 Å². The zero-order chi connectivity index (χ0) is 14.9. The Morgan fingerprint density at radius 2 is 2.14 bits per heavy atom. The fraction of sp³-hybridized carbons (Fsp3) is 0.0769. The summed E-state index contributed by atoms with van der Waals surface area (Å²) in [6, 6.07) is 7.00. The molecule has 0 unspecified atom stereocenters. The molecule has 0 radical (unpaired) electrons. The molecule has 0 amide bonds. The number of guanidine groups is 1. The standard InChI is InChI=1S/C13H11FN4O2S/c14-10-3-4-12-11(6-10)17-13(18-21(12,19)20)16-8-9-2-1-5-15-7-9/h1-7H,8H2,(H2,16,17,18). The topological polar surface area (TPSA) is 83.5 Å². The van der Waals surface area contributed by atoms with E-state index in [4.69, 9.17) is 0 Å². The molecule has 1 aromatic carbocycles. The minimum absolute atomic E-state index is 0.0455. The normalized spacial score (nSPS) is 15.6. The second-order valence-corrected chi connectivity index (χ2v) is 5.97. The number of fused-ring (bicyclic) bond motifs is 1. The molecular weight excluding hydrogens is 295 g/mol. The minimum atomic E-state index is -3.83. The second-order valence-electron chi connectivity index (χ2n) is 4.40. The van der Waals surface area contributed by atoms with Crippen LogP contribution in [0.5, 0.6) is 0 Å². The number of hydrogen-bond donors (Lipinski definition) is 2. The molecule has 0 saturated carbocycles. The van der Waals surface area contributed by atoms with Gasteiger partial charge in [0.05, 0.1) is 5.69 Å². The molecule has 3 rings (SSSR count). The SMILES string of the molecule is O=S1(=O)N=C(NCc2cccnc2)Nc2cc(F)ccc21. The van der Waals surface area contributed by atoms with Gasteiger partial charge in [0, 0.05) is 18.9 Å². The van der Waals surface area contributed by atoms with E-state index in [0.717, 1.165) is 17.7 Å². The van der Waals surface area contributed by atoms with Crippen LogP contribution < -0.4 is 10.6 Å². The van der Waals surface area contributed by atoms with Crippen LogP contribution in [0.3, 0.4) is 0 Å². The first-order chi connectivity index (χ1) is 10.0. The van der Waals surface area contributed by atoms with Crippen LogP contribution in [0.15, 0.2) is 52.0 Å². The zero-order valence-electron chi connectivity index (χ0n) is 10.7. The number of aromatic nitrogens is 1. The Bertz CT molecular complexity index is 806. The van der Waals surface area contributed by atoms with Gasteiger partial charge >= 0.3 is 0 Å². The summed E-state index contributed by atoms with van der Waals surface area (Å²) in [5.74, 6) is -0.470. The molecule has 108 valence electrons. The van der Waals surface area contributed by atoms with Crippen molar-refractivity contribution in [2.75, 3.05) is 5.32 Å². The maximum Gasteiger partial charge on any atom is 0.287 e. The molecule has 0 aliphatic carbocycles. The molecule has 21 heavy (non-hydrogen) atoms. The molecule has 1 aliphatic rings. The first-order valence-corrected chi connectivity index (χ1v) is 7.53. The number of halogens is 1. The lowest BCUT2D eigenvalue weighted by Crippen LogP contribution is -2.34. The molecule has 2 aromatic rings. The number of benzene rings is 1. The van der Waals surface area contributed by atoms with Crippen LogP contribution in [0.2, 0.25) is 0 Å². The highest BCUT2D eigenvalue weighted by atomic mass is 32.2. The molecular formula is C13H11FN4O2S. The van der Waals surface area contributed by atoms with Crippen molar-refractivity contribution in [3.63, 3.8) is 0 Å². The molecule has 0 saturated heterocycles. The van der Waals surface area contributed by atoms with E-state index < -0.39 is 15.8 Å². The van der Waals surface area contributed by atoms with Gasteiger partial charge < -0.3 is 10.6 Å². The highest BCUT2D eigenvalue weighted by Crippen LogP contribution is 2.27. The number of nitrogens with zero attached hydrogens (tertiary/aromatic N) is 2. The number of hydrogen-bond acceptors (Lipinski definition) is 5. The van der Waals surface area contributed by atoms with Crippen molar-refractivity contribution in [2.45, 2.75) is 11.4 Å². The Labute approximate surface area is 120 Å². The van der Waals surface area contributed by atoms with Crippen molar-refractivity contribution in [1.29, 1.82) is 0 Å². The minimum Gasteiger partial charge on any atom is -0.351 e. The van der Waals surface area contributed by atoms with E-state index in [9.17, 15) is 12.8 Å². The summed E-state index contributed by atoms with van der Waals surface area (Å²) >= 11 is 0. The van der Waals surface area contributed by atoms with Gasteiger partial charge in [-0.1, -0.05) is 6.07 Å². The van der Waals surface area contributed by atoms with E-state index in [0.29, 0.717) is 6.54 Å². The van der Waals surface area contributed by atoms with Crippen molar-refractivity contribution in [3.05, 3.63) is 54.1 Å². The summed E-state index contributed by atoms with van der Waals surface area (Å²) in [5, 5.41) is 5.61. The lowest BCUT2D eigenvalue weighted by atomic mass is 10.3. The van der Waals surface area contributed by atoms with Gasteiger partial charge in [0.1, 0.15) is 10.7 Å². The molecule has 0 atom stereocenters. The van der Waals surface area contributed by atoms with Crippen molar-refractivity contribution < 1.29 is 12.8 Å². The smallest absolute Gasteiger partial charge is 0.287 e. The molecule has 2 heterocycles. The van der Waals surface area contributed by atoms with Crippen molar-refractivity contribution >= 4 is 21.7 Å². The third kappa shape index (κ3) is 2.84. The van der Waals surface area contributed by atoms with E-state index in [1.54, 1.807) is 18.5 Å². The van der Waals surface area contributed by atoms with Gasteiger partial charge in [0.15, 0.2) is 0 Å². The summed E-state index contributed by atoms with van der Waals surface area (Å²) in [6.07, 6.45) is 3.29. The Balaban J connectivity index is 1.84. The van der Waals surface area contributed by atoms with Crippen LogP contribution in [-0.4, -0.2) is 19.4 Å². The quantitative estimate of drug-likeness (QED) is 0.878. The molecule has 1 aromatic heterocycles. The molecule has 0 bridgehead atoms. The molecule has 0 spiro atoms. The molecule has 2 N–H and O–H groups in total. The van der Waals surface area contributed by atoms with Crippen molar-refractivity contribution in [3.8, 4) is 0 Å². The zero-order valence-corrected chi connectivity index (χ0v) is 11.6. The number of nitrogens with one attached hydrogen (secondary N) is 2. The van der Waals surface area contributed by atoms with E-state index in [1.807, 2.05) is 6.07 Å². The average Bonchev–Trinajstić information content (AvgIpc) is 2.45. The summed E-state index contributed by atoms with van der Waals surface area (Å²) in [7, 11) is -3.83. The molecule has 8 heteroatoms. The van der Waals surface area contributed by atoms with Gasteiger partial charge in [-0.05, 0) is 29.8 Å². The predicted molar refractivity (Wildman–Crippen MR) is 75.7 cm³/mol. The van der Waals surface area contributed by atoms with Gasteiger partial charge in [-0.2, -0.15) is 8.42 Å². The number of rotatable bonds is 2. The third-order valence-electron chi connectivity index (χ3n) is 2.87. The monoisotopic (exact) mass is 306 g/mol. The van der Waals surface area contributed by atoms with Gasteiger partial charge in [0.2, 0.25) is 5.96 Å². The van der Waals surface area contributed by atoms with Crippen LogP contribution in [0, 0.1) is 5.82 Å². The largest absolute Gasteiger partial charge is 0.351 e. The van der Waals surface area contributed by atoms with Gasteiger partial charge in [0.25, 0.3) is 10.0 Å². The van der Waals surface area contributed by atoms with E-state index >= 15 is 0 Å². The number of sulfonamides is 1. The fourth-order valence-electron chi connectivity index (χ4n) is 1.91.